The summed E-state index contributed by atoms with van der Waals surface area (Å²) in [6.07, 6.45) is 6.23. The van der Waals surface area contributed by atoms with Crippen molar-refractivity contribution in [2.75, 3.05) is 0 Å². The molecule has 0 N–H and O–H groups in total. The van der Waals surface area contributed by atoms with Crippen molar-refractivity contribution in [2.24, 2.45) is 0 Å². The molecule has 2 radical (unpaired) electrons. The molecular weight excluding hydrogens is 439 g/mol. The Hall–Kier alpha value is -2.40. The zero-order valence-electron chi connectivity index (χ0n) is 14.8. The number of rotatable bonds is 4. The number of fused-ring (bicyclic) bond motifs is 2. The summed E-state index contributed by atoms with van der Waals surface area (Å²) in [6, 6.07) is 22.7. The van der Waals surface area contributed by atoms with E-state index in [1.807, 2.05) is 47.1 Å². The van der Waals surface area contributed by atoms with Crippen LogP contribution in [0.3, 0.4) is 0 Å². The molecule has 1 atom stereocenters. The van der Waals surface area contributed by atoms with E-state index in [4.69, 9.17) is 0 Å². The van der Waals surface area contributed by atoms with E-state index in [1.165, 1.54) is 11.1 Å². The molecule has 3 nitrogen and oxygen atoms in total. The number of hydrogen-bond donors (Lipinski definition) is 0. The second-order valence-electron chi connectivity index (χ2n) is 6.94. The van der Waals surface area contributed by atoms with Gasteiger partial charge in [0.1, 0.15) is 0 Å². The fourth-order valence-electron chi connectivity index (χ4n) is 3.82. The molecule has 1 aliphatic carbocycles. The van der Waals surface area contributed by atoms with Crippen molar-refractivity contribution in [3.8, 4) is 11.3 Å². The van der Waals surface area contributed by atoms with Crippen LogP contribution in [0.5, 0.6) is 0 Å². The Bertz CT molecular complexity index is 1130. The molecule has 4 aromatic rings. The number of pyridine rings is 1. The molecule has 0 spiro atoms. The second kappa shape index (κ2) is 6.96. The van der Waals surface area contributed by atoms with Gasteiger partial charge in [0.15, 0.2) is 0 Å². The van der Waals surface area contributed by atoms with Crippen LogP contribution in [-0.4, -0.2) is 34.3 Å². The molecule has 5 rings (SSSR count). The van der Waals surface area contributed by atoms with Crippen LogP contribution >= 0.6 is 0 Å². The number of hydrogen-bond acceptors (Lipinski definition) is 2. The van der Waals surface area contributed by atoms with E-state index in [2.05, 4.69) is 41.4 Å². The summed E-state index contributed by atoms with van der Waals surface area (Å²) >= 11 is -1.20. The van der Waals surface area contributed by atoms with Gasteiger partial charge in [-0.15, -0.1) is 0 Å². The van der Waals surface area contributed by atoms with Gasteiger partial charge in [-0.1, -0.05) is 0 Å². The Kier molecular flexibility index (Phi) is 4.32. The van der Waals surface area contributed by atoms with Crippen LogP contribution < -0.4 is 0 Å². The monoisotopic (exact) mass is 458 g/mol. The Morgan fingerprint density at radius 1 is 0.963 bits per heavy atom. The molecule has 4 heteroatoms. The number of imidazole rings is 1. The van der Waals surface area contributed by atoms with Gasteiger partial charge in [0, 0.05) is 0 Å². The van der Waals surface area contributed by atoms with Crippen LogP contribution in [0.1, 0.15) is 31.8 Å². The van der Waals surface area contributed by atoms with Gasteiger partial charge < -0.3 is 0 Å². The minimum atomic E-state index is -1.20. The average Bonchev–Trinajstić information content (AvgIpc) is 3.32. The SMILES string of the molecule is O=[C]([Sn][C@@H]1CCc2ccccc21)c1ccc2nc(-c3ccccc3)cn2c1. The molecule has 2 heterocycles. The average molecular weight is 457 g/mol. The fourth-order valence-corrected chi connectivity index (χ4v) is 7.70. The Balaban J connectivity index is 1.41. The third-order valence-corrected chi connectivity index (χ3v) is 9.50. The van der Waals surface area contributed by atoms with E-state index in [9.17, 15) is 4.79 Å². The maximum atomic E-state index is 13.0. The molecule has 0 bridgehead atoms. The van der Waals surface area contributed by atoms with Crippen LogP contribution in [0.2, 0.25) is 0 Å². The summed E-state index contributed by atoms with van der Waals surface area (Å²) in [5.41, 5.74) is 6.59. The molecule has 27 heavy (non-hydrogen) atoms. The number of nitrogens with zero attached hydrogens (tertiary/aromatic N) is 2. The van der Waals surface area contributed by atoms with Crippen molar-refractivity contribution >= 4 is 30.6 Å². The van der Waals surface area contributed by atoms with Crippen LogP contribution in [0.25, 0.3) is 16.9 Å². The first kappa shape index (κ1) is 16.7. The number of carbonyl (C=O) groups is 1. The molecule has 1 aliphatic rings. The van der Waals surface area contributed by atoms with E-state index in [1.54, 1.807) is 0 Å². The molecule has 130 valence electrons. The quantitative estimate of drug-likeness (QED) is 0.422. The van der Waals surface area contributed by atoms with Gasteiger partial charge in [0.25, 0.3) is 0 Å². The van der Waals surface area contributed by atoms with Crippen LogP contribution in [0, 0.1) is 0 Å². The normalized spacial score (nSPS) is 15.8. The number of aromatic nitrogens is 2. The van der Waals surface area contributed by atoms with E-state index in [0.717, 1.165) is 35.3 Å². The van der Waals surface area contributed by atoms with Gasteiger partial charge in [-0.25, -0.2) is 0 Å². The maximum absolute atomic E-state index is 13.0. The first-order chi connectivity index (χ1) is 13.3. The minimum absolute atomic E-state index is 0.372. The fraction of sp³-hybridized carbons (Fsp3) is 0.130. The molecular formula is C23H18N2OSn. The zero-order chi connectivity index (χ0) is 18.2. The molecule has 0 fully saturated rings. The standard InChI is InChI=1S/C14H9N2O.C9H9.Sn/c17-10-11-6-7-14-15-13(9-16(14)8-11)12-4-2-1-3-5-12;1-2-5-9-7-3-6-8(9)4-1;/h1-9H;1-2,4-6H,3,7H2;. The van der Waals surface area contributed by atoms with Crippen molar-refractivity contribution in [1.82, 2.24) is 9.38 Å². The van der Waals surface area contributed by atoms with E-state index in [-0.39, 0.29) is 0 Å². The van der Waals surface area contributed by atoms with Crippen LogP contribution in [-0.2, 0) is 6.42 Å². The summed E-state index contributed by atoms with van der Waals surface area (Å²) < 4.78 is 2.87. The van der Waals surface area contributed by atoms with E-state index < -0.39 is 21.1 Å². The van der Waals surface area contributed by atoms with Crippen molar-refractivity contribution < 1.29 is 4.79 Å². The second-order valence-corrected chi connectivity index (χ2v) is 11.0. The molecule has 2 aromatic heterocycles. The van der Waals surface area contributed by atoms with Crippen molar-refractivity contribution in [3.05, 3.63) is 95.8 Å². The van der Waals surface area contributed by atoms with Gasteiger partial charge in [0.05, 0.1) is 0 Å². The van der Waals surface area contributed by atoms with Crippen molar-refractivity contribution in [3.63, 3.8) is 0 Å². The topological polar surface area (TPSA) is 34.4 Å². The molecule has 0 saturated heterocycles. The first-order valence-electron chi connectivity index (χ1n) is 9.21. The summed E-state index contributed by atoms with van der Waals surface area (Å²) in [5, 5.41) is 0. The molecule has 0 amide bonds. The Labute approximate surface area is 168 Å². The van der Waals surface area contributed by atoms with Crippen LogP contribution in [0.4, 0.5) is 0 Å². The Morgan fingerprint density at radius 2 is 1.78 bits per heavy atom. The number of aryl methyl sites for hydroxylation is 1. The van der Waals surface area contributed by atoms with Gasteiger partial charge in [-0.2, -0.15) is 0 Å². The number of benzene rings is 2. The summed E-state index contributed by atoms with van der Waals surface area (Å²) in [6.45, 7) is 0. The molecule has 0 saturated carbocycles. The van der Waals surface area contributed by atoms with Gasteiger partial charge in [0.2, 0.25) is 0 Å². The van der Waals surface area contributed by atoms with E-state index in [0.29, 0.717) is 7.73 Å². The third kappa shape index (κ3) is 3.21. The third-order valence-electron chi connectivity index (χ3n) is 5.22. The molecule has 0 aliphatic heterocycles. The van der Waals surface area contributed by atoms with Gasteiger partial charge in [-0.3, -0.25) is 0 Å². The Morgan fingerprint density at radius 3 is 2.67 bits per heavy atom. The summed E-state index contributed by atoms with van der Waals surface area (Å²) in [7, 11) is 0. The summed E-state index contributed by atoms with van der Waals surface area (Å²) in [5.74, 6) is 0. The van der Waals surface area contributed by atoms with Crippen LogP contribution in [0.15, 0.2) is 79.1 Å². The van der Waals surface area contributed by atoms with Gasteiger partial charge in [-0.05, 0) is 0 Å². The van der Waals surface area contributed by atoms with Crippen molar-refractivity contribution in [1.29, 1.82) is 0 Å². The first-order valence-corrected chi connectivity index (χ1v) is 12.3. The predicted molar refractivity (Wildman–Crippen MR) is 108 cm³/mol. The van der Waals surface area contributed by atoms with Gasteiger partial charge >= 0.3 is 169 Å². The molecule has 0 unspecified atom stereocenters. The molecule has 2 aromatic carbocycles. The number of carbonyl (C=O) groups excluding carboxylic acids is 1. The summed E-state index contributed by atoms with van der Waals surface area (Å²) in [4.78, 5) is 17.7. The van der Waals surface area contributed by atoms with Crippen molar-refractivity contribution in [2.45, 2.75) is 16.8 Å². The predicted octanol–water partition coefficient (Wildman–Crippen LogP) is 4.53. The van der Waals surface area contributed by atoms with E-state index >= 15 is 0 Å². The zero-order valence-corrected chi connectivity index (χ0v) is 17.7.